The number of carbonyl (C=O) groups is 1. The summed E-state index contributed by atoms with van der Waals surface area (Å²) in [4.78, 5) is 10.8. The Morgan fingerprint density at radius 3 is 2.62 bits per heavy atom. The Balaban J connectivity index is 2.41. The summed E-state index contributed by atoms with van der Waals surface area (Å²) in [6.45, 7) is 0.643. The Bertz CT molecular complexity index is 224. The average Bonchev–Trinajstić information content (AvgIpc) is 2.63. The number of hydrogen-bond acceptors (Lipinski definition) is 2. The SMILES string of the molecule is C#CC(=O)NCC1(CO)CCCC1. The number of hydrogen-bond donors (Lipinski definition) is 2. The number of carbonyl (C=O) groups excluding carboxylic acids is 1. The van der Waals surface area contributed by atoms with E-state index in [2.05, 4.69) is 5.32 Å². The van der Waals surface area contributed by atoms with E-state index in [1.165, 1.54) is 0 Å². The van der Waals surface area contributed by atoms with Crippen molar-refractivity contribution in [2.45, 2.75) is 25.7 Å². The largest absolute Gasteiger partial charge is 0.396 e. The lowest BCUT2D eigenvalue weighted by Crippen LogP contribution is -2.37. The molecule has 0 bridgehead atoms. The third-order valence-electron chi connectivity index (χ3n) is 2.75. The molecule has 13 heavy (non-hydrogen) atoms. The molecule has 0 atom stereocenters. The number of aliphatic hydroxyl groups excluding tert-OH is 1. The molecule has 1 rings (SSSR count). The quantitative estimate of drug-likeness (QED) is 0.615. The lowest BCUT2D eigenvalue weighted by molar-refractivity contribution is -0.116. The van der Waals surface area contributed by atoms with Crippen LogP contribution in [0.2, 0.25) is 0 Å². The number of rotatable bonds is 3. The molecule has 72 valence electrons. The molecule has 1 saturated carbocycles. The van der Waals surface area contributed by atoms with E-state index in [0.29, 0.717) is 6.54 Å². The van der Waals surface area contributed by atoms with E-state index in [4.69, 9.17) is 6.42 Å². The van der Waals surface area contributed by atoms with Crippen molar-refractivity contribution in [1.29, 1.82) is 0 Å². The van der Waals surface area contributed by atoms with Crippen molar-refractivity contribution in [2.24, 2.45) is 5.41 Å². The van der Waals surface area contributed by atoms with E-state index < -0.39 is 0 Å². The monoisotopic (exact) mass is 181 g/mol. The molecule has 0 aromatic carbocycles. The van der Waals surface area contributed by atoms with Crippen LogP contribution in [-0.4, -0.2) is 24.2 Å². The van der Waals surface area contributed by atoms with Gasteiger partial charge in [0.2, 0.25) is 0 Å². The fourth-order valence-corrected chi connectivity index (χ4v) is 1.83. The first-order valence-corrected chi connectivity index (χ1v) is 4.58. The molecule has 1 amide bonds. The van der Waals surface area contributed by atoms with Crippen molar-refractivity contribution in [3.8, 4) is 12.3 Å². The van der Waals surface area contributed by atoms with Gasteiger partial charge in [-0.05, 0) is 18.8 Å². The highest BCUT2D eigenvalue weighted by Gasteiger charge is 2.33. The van der Waals surface area contributed by atoms with Gasteiger partial charge in [0.05, 0.1) is 6.61 Å². The predicted octanol–water partition coefficient (Wildman–Crippen LogP) is 0.288. The third kappa shape index (κ3) is 2.46. The second-order valence-corrected chi connectivity index (χ2v) is 3.69. The first-order chi connectivity index (χ1) is 6.22. The highest BCUT2D eigenvalue weighted by molar-refractivity contribution is 5.92. The van der Waals surface area contributed by atoms with Gasteiger partial charge < -0.3 is 10.4 Å². The number of nitrogens with one attached hydrogen (secondary N) is 1. The smallest absolute Gasteiger partial charge is 0.295 e. The Morgan fingerprint density at radius 1 is 1.54 bits per heavy atom. The topological polar surface area (TPSA) is 49.3 Å². The molecule has 3 nitrogen and oxygen atoms in total. The van der Waals surface area contributed by atoms with Gasteiger partial charge in [-0.2, -0.15) is 0 Å². The van der Waals surface area contributed by atoms with Gasteiger partial charge in [0.25, 0.3) is 5.91 Å². The van der Waals surface area contributed by atoms with E-state index in [-0.39, 0.29) is 17.9 Å². The van der Waals surface area contributed by atoms with E-state index >= 15 is 0 Å². The maximum Gasteiger partial charge on any atom is 0.295 e. The van der Waals surface area contributed by atoms with Crippen molar-refractivity contribution in [3.05, 3.63) is 0 Å². The van der Waals surface area contributed by atoms with Gasteiger partial charge in [0.1, 0.15) is 0 Å². The second-order valence-electron chi connectivity index (χ2n) is 3.69. The summed E-state index contributed by atoms with van der Waals surface area (Å²) in [6.07, 6.45) is 9.14. The molecule has 1 aliphatic rings. The Kier molecular flexibility index (Phi) is 3.32. The minimum atomic E-state index is -0.389. The summed E-state index contributed by atoms with van der Waals surface area (Å²) in [5.41, 5.74) is -0.105. The highest BCUT2D eigenvalue weighted by atomic mass is 16.3. The van der Waals surface area contributed by atoms with Crippen LogP contribution in [0.3, 0.4) is 0 Å². The van der Waals surface area contributed by atoms with Gasteiger partial charge in [0.15, 0.2) is 0 Å². The first kappa shape index (κ1) is 10.1. The molecular weight excluding hydrogens is 166 g/mol. The molecule has 0 aromatic heterocycles. The Hall–Kier alpha value is -1.01. The minimum absolute atomic E-state index is 0.105. The van der Waals surface area contributed by atoms with Crippen LogP contribution >= 0.6 is 0 Å². The van der Waals surface area contributed by atoms with Crippen molar-refractivity contribution in [1.82, 2.24) is 5.32 Å². The van der Waals surface area contributed by atoms with Crippen LogP contribution in [0.4, 0.5) is 0 Å². The second kappa shape index (κ2) is 4.29. The normalized spacial score (nSPS) is 19.4. The van der Waals surface area contributed by atoms with Gasteiger partial charge in [-0.25, -0.2) is 0 Å². The summed E-state index contributed by atoms with van der Waals surface area (Å²) in [7, 11) is 0. The molecular formula is C10H15NO2. The van der Waals surface area contributed by atoms with Gasteiger partial charge in [0, 0.05) is 12.0 Å². The zero-order chi connectivity index (χ0) is 9.73. The van der Waals surface area contributed by atoms with Crippen molar-refractivity contribution >= 4 is 5.91 Å². The van der Waals surface area contributed by atoms with E-state index in [9.17, 15) is 9.90 Å². The van der Waals surface area contributed by atoms with Crippen LogP contribution in [-0.2, 0) is 4.79 Å². The van der Waals surface area contributed by atoms with Crippen molar-refractivity contribution in [2.75, 3.05) is 13.2 Å². The maximum absolute atomic E-state index is 10.8. The van der Waals surface area contributed by atoms with Gasteiger partial charge in [-0.1, -0.05) is 12.8 Å². The molecule has 0 saturated heterocycles. The molecule has 3 heteroatoms. The zero-order valence-corrected chi connectivity index (χ0v) is 7.68. The van der Waals surface area contributed by atoms with E-state index in [1.807, 2.05) is 5.92 Å². The zero-order valence-electron chi connectivity index (χ0n) is 7.68. The van der Waals surface area contributed by atoms with Crippen LogP contribution in [0.5, 0.6) is 0 Å². The highest BCUT2D eigenvalue weighted by Crippen LogP contribution is 2.36. The molecule has 0 heterocycles. The molecule has 0 aliphatic heterocycles. The van der Waals surface area contributed by atoms with Crippen molar-refractivity contribution < 1.29 is 9.90 Å². The van der Waals surface area contributed by atoms with Crippen LogP contribution in [0.25, 0.3) is 0 Å². The standard InChI is InChI=1S/C10H15NO2/c1-2-9(13)11-7-10(8-12)5-3-4-6-10/h1,12H,3-8H2,(H,11,13). The molecule has 0 aromatic rings. The number of terminal acetylenes is 1. The van der Waals surface area contributed by atoms with Crippen LogP contribution in [0.15, 0.2) is 0 Å². The number of aliphatic hydroxyl groups is 1. The van der Waals surface area contributed by atoms with E-state index in [1.54, 1.807) is 0 Å². The molecule has 0 unspecified atom stereocenters. The summed E-state index contributed by atoms with van der Waals surface area (Å²) in [5, 5.41) is 11.8. The van der Waals surface area contributed by atoms with Gasteiger partial charge >= 0.3 is 0 Å². The van der Waals surface area contributed by atoms with Gasteiger partial charge in [-0.15, -0.1) is 6.42 Å². The van der Waals surface area contributed by atoms with Crippen molar-refractivity contribution in [3.63, 3.8) is 0 Å². The summed E-state index contributed by atoms with van der Waals surface area (Å²) in [6, 6.07) is 0. The minimum Gasteiger partial charge on any atom is -0.396 e. The fraction of sp³-hybridized carbons (Fsp3) is 0.700. The average molecular weight is 181 g/mol. The fourth-order valence-electron chi connectivity index (χ4n) is 1.83. The molecule has 1 fully saturated rings. The summed E-state index contributed by atoms with van der Waals surface area (Å²) < 4.78 is 0. The van der Waals surface area contributed by atoms with Crippen LogP contribution in [0, 0.1) is 17.8 Å². The molecule has 0 radical (unpaired) electrons. The lowest BCUT2D eigenvalue weighted by Gasteiger charge is -2.25. The Labute approximate surface area is 78.5 Å². The third-order valence-corrected chi connectivity index (χ3v) is 2.75. The molecule has 2 N–H and O–H groups in total. The molecule has 1 aliphatic carbocycles. The predicted molar refractivity (Wildman–Crippen MR) is 49.8 cm³/mol. The summed E-state index contributed by atoms with van der Waals surface area (Å²) >= 11 is 0. The maximum atomic E-state index is 10.8. The van der Waals surface area contributed by atoms with E-state index in [0.717, 1.165) is 25.7 Å². The first-order valence-electron chi connectivity index (χ1n) is 4.58. The number of amides is 1. The Morgan fingerprint density at radius 2 is 2.15 bits per heavy atom. The lowest BCUT2D eigenvalue weighted by atomic mass is 9.87. The van der Waals surface area contributed by atoms with Gasteiger partial charge in [-0.3, -0.25) is 4.79 Å². The van der Waals surface area contributed by atoms with Crippen LogP contribution in [0.1, 0.15) is 25.7 Å². The van der Waals surface area contributed by atoms with Crippen LogP contribution < -0.4 is 5.32 Å². The molecule has 0 spiro atoms. The summed E-state index contributed by atoms with van der Waals surface area (Å²) in [5.74, 6) is 1.61.